The summed E-state index contributed by atoms with van der Waals surface area (Å²) in [5.41, 5.74) is 1.35. The van der Waals surface area contributed by atoms with E-state index in [1.165, 1.54) is 12.1 Å². The normalized spacial score (nSPS) is 9.85. The molecule has 0 saturated carbocycles. The zero-order valence-corrected chi connectivity index (χ0v) is 10.6. The van der Waals surface area contributed by atoms with Crippen LogP contribution in [0.25, 0.3) is 0 Å². The van der Waals surface area contributed by atoms with Gasteiger partial charge in [0.15, 0.2) is 0 Å². The molecule has 102 valence electrons. The van der Waals surface area contributed by atoms with Crippen molar-refractivity contribution in [3.63, 3.8) is 0 Å². The third kappa shape index (κ3) is 3.43. The summed E-state index contributed by atoms with van der Waals surface area (Å²) in [6.45, 7) is 0.172. The summed E-state index contributed by atoms with van der Waals surface area (Å²) in [5, 5.41) is 0. The van der Waals surface area contributed by atoms with Crippen molar-refractivity contribution in [3.8, 4) is 0 Å². The summed E-state index contributed by atoms with van der Waals surface area (Å²) >= 11 is 0. The van der Waals surface area contributed by atoms with Crippen molar-refractivity contribution in [3.05, 3.63) is 71.3 Å². The summed E-state index contributed by atoms with van der Waals surface area (Å²) in [4.78, 5) is 27.3. The Balaban J connectivity index is 2.04. The molecule has 2 N–H and O–H groups in total. The second kappa shape index (κ2) is 6.49. The quantitative estimate of drug-likeness (QED) is 0.680. The minimum absolute atomic E-state index is 0.172. The molecule has 5 heteroatoms. The van der Waals surface area contributed by atoms with E-state index < -0.39 is 11.9 Å². The first-order valence-electron chi connectivity index (χ1n) is 5.93. The van der Waals surface area contributed by atoms with E-state index in [1.54, 1.807) is 12.1 Å². The van der Waals surface area contributed by atoms with Crippen molar-refractivity contribution in [2.45, 2.75) is 6.61 Å². The van der Waals surface area contributed by atoms with Crippen LogP contribution in [-0.2, 0) is 16.2 Å². The van der Waals surface area contributed by atoms with E-state index in [1.807, 2.05) is 30.3 Å². The molecule has 2 aromatic carbocycles. The number of carbonyl (C=O) groups excluding carboxylic acids is 2. The van der Waals surface area contributed by atoms with Gasteiger partial charge < -0.3 is 9.57 Å². The average Bonchev–Trinajstić information content (AvgIpc) is 2.53. The number of benzene rings is 2. The molecule has 0 aromatic heterocycles. The van der Waals surface area contributed by atoms with Gasteiger partial charge in [-0.25, -0.2) is 9.59 Å². The van der Waals surface area contributed by atoms with Crippen molar-refractivity contribution in [1.82, 2.24) is 0 Å². The van der Waals surface area contributed by atoms with Gasteiger partial charge in [-0.2, -0.15) is 5.90 Å². The SMILES string of the molecule is NOC(=O)c1cccc(C(=O)OCc2ccccc2)c1. The Morgan fingerprint density at radius 3 is 2.20 bits per heavy atom. The molecular weight excluding hydrogens is 258 g/mol. The molecule has 0 aliphatic carbocycles. The van der Waals surface area contributed by atoms with Gasteiger partial charge in [0.05, 0.1) is 11.1 Å². The molecule has 0 heterocycles. The second-order valence-electron chi connectivity index (χ2n) is 4.05. The topological polar surface area (TPSA) is 78.6 Å². The van der Waals surface area contributed by atoms with Gasteiger partial charge in [-0.05, 0) is 23.8 Å². The molecule has 2 aromatic rings. The molecule has 0 aliphatic heterocycles. The number of nitrogens with two attached hydrogens (primary N) is 1. The summed E-state index contributed by atoms with van der Waals surface area (Å²) in [7, 11) is 0. The number of carbonyl (C=O) groups is 2. The molecule has 0 fully saturated rings. The average molecular weight is 271 g/mol. The highest BCUT2D eigenvalue weighted by Crippen LogP contribution is 2.09. The minimum Gasteiger partial charge on any atom is -0.457 e. The number of rotatable bonds is 4. The zero-order chi connectivity index (χ0) is 14.4. The maximum atomic E-state index is 11.9. The van der Waals surface area contributed by atoms with Crippen LogP contribution in [0.15, 0.2) is 54.6 Å². The highest BCUT2D eigenvalue weighted by Gasteiger charge is 2.12. The van der Waals surface area contributed by atoms with Crippen molar-refractivity contribution in [1.29, 1.82) is 0 Å². The van der Waals surface area contributed by atoms with Crippen molar-refractivity contribution >= 4 is 11.9 Å². The van der Waals surface area contributed by atoms with Gasteiger partial charge in [0.25, 0.3) is 0 Å². The Morgan fingerprint density at radius 1 is 0.900 bits per heavy atom. The molecule has 0 bridgehead atoms. The lowest BCUT2D eigenvalue weighted by atomic mass is 10.1. The smallest absolute Gasteiger partial charge is 0.356 e. The molecule has 2 rings (SSSR count). The van der Waals surface area contributed by atoms with E-state index in [9.17, 15) is 9.59 Å². The third-order valence-corrected chi connectivity index (χ3v) is 2.65. The van der Waals surface area contributed by atoms with Gasteiger partial charge >= 0.3 is 11.9 Å². The Kier molecular flexibility index (Phi) is 4.47. The fourth-order valence-electron chi connectivity index (χ4n) is 1.65. The van der Waals surface area contributed by atoms with Crippen molar-refractivity contribution < 1.29 is 19.2 Å². The lowest BCUT2D eigenvalue weighted by Crippen LogP contribution is -2.12. The maximum Gasteiger partial charge on any atom is 0.356 e. The summed E-state index contributed by atoms with van der Waals surface area (Å²) in [6, 6.07) is 15.3. The summed E-state index contributed by atoms with van der Waals surface area (Å²) in [5.74, 6) is 3.58. The molecule has 0 spiro atoms. The number of hydrogen-bond donors (Lipinski definition) is 1. The lowest BCUT2D eigenvalue weighted by Gasteiger charge is -2.06. The van der Waals surface area contributed by atoms with E-state index in [0.29, 0.717) is 0 Å². The van der Waals surface area contributed by atoms with Crippen LogP contribution in [0, 0.1) is 0 Å². The molecule has 0 atom stereocenters. The van der Waals surface area contributed by atoms with Gasteiger partial charge in [0.1, 0.15) is 6.61 Å². The Labute approximate surface area is 115 Å². The maximum absolute atomic E-state index is 11.9. The van der Waals surface area contributed by atoms with Crippen LogP contribution < -0.4 is 5.90 Å². The highest BCUT2D eigenvalue weighted by atomic mass is 16.7. The zero-order valence-electron chi connectivity index (χ0n) is 10.6. The van der Waals surface area contributed by atoms with Crippen LogP contribution in [0.2, 0.25) is 0 Å². The van der Waals surface area contributed by atoms with Crippen molar-refractivity contribution in [2.75, 3.05) is 0 Å². The van der Waals surface area contributed by atoms with Crippen LogP contribution in [0.4, 0.5) is 0 Å². The van der Waals surface area contributed by atoms with Crippen LogP contribution in [-0.4, -0.2) is 11.9 Å². The molecule has 0 aliphatic rings. The monoisotopic (exact) mass is 271 g/mol. The van der Waals surface area contributed by atoms with E-state index in [0.717, 1.165) is 5.56 Å². The van der Waals surface area contributed by atoms with Gasteiger partial charge in [-0.15, -0.1) is 0 Å². The van der Waals surface area contributed by atoms with Crippen LogP contribution in [0.1, 0.15) is 26.3 Å². The van der Waals surface area contributed by atoms with Gasteiger partial charge in [0, 0.05) is 0 Å². The largest absolute Gasteiger partial charge is 0.457 e. The number of hydrogen-bond acceptors (Lipinski definition) is 5. The van der Waals surface area contributed by atoms with E-state index in [-0.39, 0.29) is 17.7 Å². The van der Waals surface area contributed by atoms with Crippen LogP contribution in [0.5, 0.6) is 0 Å². The van der Waals surface area contributed by atoms with Crippen LogP contribution in [0.3, 0.4) is 0 Å². The van der Waals surface area contributed by atoms with Crippen LogP contribution >= 0.6 is 0 Å². The third-order valence-electron chi connectivity index (χ3n) is 2.65. The molecule has 0 radical (unpaired) electrons. The predicted octanol–water partition coefficient (Wildman–Crippen LogP) is 2.07. The standard InChI is InChI=1S/C15H13NO4/c16-20-15(18)13-8-4-7-12(9-13)14(17)19-10-11-5-2-1-3-6-11/h1-9H,10,16H2. The van der Waals surface area contributed by atoms with Gasteiger partial charge in [-0.1, -0.05) is 36.4 Å². The first kappa shape index (κ1) is 13.8. The first-order chi connectivity index (χ1) is 9.70. The van der Waals surface area contributed by atoms with E-state index in [2.05, 4.69) is 4.84 Å². The van der Waals surface area contributed by atoms with E-state index >= 15 is 0 Å². The molecule has 0 unspecified atom stereocenters. The molecule has 0 saturated heterocycles. The number of esters is 1. The second-order valence-corrected chi connectivity index (χ2v) is 4.05. The minimum atomic E-state index is -0.706. The summed E-state index contributed by atoms with van der Waals surface area (Å²) < 4.78 is 5.16. The Hall–Kier alpha value is -2.66. The van der Waals surface area contributed by atoms with Gasteiger partial charge in [-0.3, -0.25) is 0 Å². The first-order valence-corrected chi connectivity index (χ1v) is 5.93. The van der Waals surface area contributed by atoms with Gasteiger partial charge in [0.2, 0.25) is 0 Å². The fraction of sp³-hybridized carbons (Fsp3) is 0.0667. The molecular formula is C15H13NO4. The number of ether oxygens (including phenoxy) is 1. The molecule has 20 heavy (non-hydrogen) atoms. The van der Waals surface area contributed by atoms with Crippen molar-refractivity contribution in [2.24, 2.45) is 5.90 Å². The molecule has 0 amide bonds. The predicted molar refractivity (Wildman–Crippen MR) is 71.6 cm³/mol. The fourth-order valence-corrected chi connectivity index (χ4v) is 1.65. The summed E-state index contributed by atoms with van der Waals surface area (Å²) in [6.07, 6.45) is 0. The highest BCUT2D eigenvalue weighted by molar-refractivity contribution is 5.95. The van der Waals surface area contributed by atoms with E-state index in [4.69, 9.17) is 10.6 Å². The molecule has 5 nitrogen and oxygen atoms in total. The Bertz CT molecular complexity index is 610. The lowest BCUT2D eigenvalue weighted by molar-refractivity contribution is 0.0472. The Morgan fingerprint density at radius 2 is 1.55 bits per heavy atom.